The van der Waals surface area contributed by atoms with Gasteiger partial charge in [-0.2, -0.15) is 0 Å². The molecule has 5 rings (SSSR count). The SMILES string of the molecule is CCc1nc(N2CCN(C(=O)C3CC3)CC2)c2c3c(sc2n1)CC(C)CC3. The van der Waals surface area contributed by atoms with Crippen molar-refractivity contribution in [2.45, 2.75) is 52.4 Å². The van der Waals surface area contributed by atoms with Crippen molar-refractivity contribution in [2.75, 3.05) is 31.1 Å². The fourth-order valence-corrected chi connectivity index (χ4v) is 5.88. The number of piperazine rings is 1. The zero-order chi connectivity index (χ0) is 18.5. The molecule has 1 aliphatic heterocycles. The first-order valence-corrected chi connectivity index (χ1v) is 11.3. The number of hydrogen-bond donors (Lipinski definition) is 0. The van der Waals surface area contributed by atoms with Crippen LogP contribution in [0.3, 0.4) is 0 Å². The molecular weight excluding hydrogens is 356 g/mol. The topological polar surface area (TPSA) is 49.3 Å². The van der Waals surface area contributed by atoms with E-state index in [1.165, 1.54) is 33.5 Å². The number of aryl methyl sites for hydroxylation is 2. The highest BCUT2D eigenvalue weighted by molar-refractivity contribution is 7.19. The minimum Gasteiger partial charge on any atom is -0.352 e. The maximum absolute atomic E-state index is 12.4. The zero-order valence-corrected chi connectivity index (χ0v) is 17.1. The van der Waals surface area contributed by atoms with Gasteiger partial charge in [0.1, 0.15) is 16.5 Å². The van der Waals surface area contributed by atoms with Crippen LogP contribution in [-0.2, 0) is 24.1 Å². The highest BCUT2D eigenvalue weighted by Crippen LogP contribution is 2.41. The van der Waals surface area contributed by atoms with Crippen molar-refractivity contribution in [3.05, 3.63) is 16.3 Å². The molecule has 2 aromatic rings. The van der Waals surface area contributed by atoms with Gasteiger partial charge in [-0.25, -0.2) is 9.97 Å². The summed E-state index contributed by atoms with van der Waals surface area (Å²) in [6, 6.07) is 0. The largest absolute Gasteiger partial charge is 0.352 e. The number of anilines is 1. The highest BCUT2D eigenvalue weighted by atomic mass is 32.1. The van der Waals surface area contributed by atoms with Gasteiger partial charge >= 0.3 is 0 Å². The van der Waals surface area contributed by atoms with Crippen molar-refractivity contribution < 1.29 is 4.79 Å². The molecule has 3 aliphatic rings. The Balaban J connectivity index is 1.48. The molecule has 1 saturated heterocycles. The summed E-state index contributed by atoms with van der Waals surface area (Å²) in [5.41, 5.74) is 1.50. The Morgan fingerprint density at radius 1 is 1.15 bits per heavy atom. The van der Waals surface area contributed by atoms with Gasteiger partial charge in [0, 0.05) is 43.4 Å². The van der Waals surface area contributed by atoms with Gasteiger partial charge in [-0.1, -0.05) is 13.8 Å². The van der Waals surface area contributed by atoms with Crippen LogP contribution in [0.25, 0.3) is 10.2 Å². The summed E-state index contributed by atoms with van der Waals surface area (Å²) in [7, 11) is 0. The first-order valence-electron chi connectivity index (χ1n) is 10.5. The van der Waals surface area contributed by atoms with E-state index < -0.39 is 0 Å². The summed E-state index contributed by atoms with van der Waals surface area (Å²) in [5, 5.41) is 1.31. The van der Waals surface area contributed by atoms with E-state index in [4.69, 9.17) is 9.97 Å². The third kappa shape index (κ3) is 3.12. The Morgan fingerprint density at radius 2 is 1.93 bits per heavy atom. The maximum Gasteiger partial charge on any atom is 0.225 e. The Hall–Kier alpha value is -1.69. The lowest BCUT2D eigenvalue weighted by atomic mass is 9.89. The third-order valence-electron chi connectivity index (χ3n) is 6.32. The molecule has 0 aromatic carbocycles. The monoisotopic (exact) mass is 384 g/mol. The molecule has 1 atom stereocenters. The van der Waals surface area contributed by atoms with E-state index in [0.29, 0.717) is 11.8 Å². The molecule has 1 unspecified atom stereocenters. The van der Waals surface area contributed by atoms with Crippen molar-refractivity contribution >= 4 is 33.3 Å². The molecule has 6 heteroatoms. The first-order chi connectivity index (χ1) is 13.1. The number of nitrogens with zero attached hydrogens (tertiary/aromatic N) is 4. The predicted octanol–water partition coefficient (Wildman–Crippen LogP) is 3.44. The van der Waals surface area contributed by atoms with Crippen LogP contribution in [0, 0.1) is 11.8 Å². The number of aromatic nitrogens is 2. The minimum atomic E-state index is 0.319. The number of hydrogen-bond acceptors (Lipinski definition) is 5. The molecular formula is C21H28N4OS. The normalized spacial score (nSPS) is 23.0. The summed E-state index contributed by atoms with van der Waals surface area (Å²) in [4.78, 5) is 29.4. The lowest BCUT2D eigenvalue weighted by Crippen LogP contribution is -2.49. The van der Waals surface area contributed by atoms with E-state index in [2.05, 4.69) is 23.6 Å². The van der Waals surface area contributed by atoms with Gasteiger partial charge in [0.25, 0.3) is 0 Å². The highest BCUT2D eigenvalue weighted by Gasteiger charge is 2.35. The molecule has 27 heavy (non-hydrogen) atoms. The molecule has 0 bridgehead atoms. The Labute approximate surface area is 164 Å². The second-order valence-corrected chi connectivity index (χ2v) is 9.52. The Bertz CT molecular complexity index is 880. The molecule has 5 nitrogen and oxygen atoms in total. The van der Waals surface area contributed by atoms with Crippen LogP contribution < -0.4 is 4.90 Å². The van der Waals surface area contributed by atoms with E-state index in [0.717, 1.165) is 69.4 Å². The van der Waals surface area contributed by atoms with Crippen LogP contribution in [0.1, 0.15) is 49.4 Å². The fraction of sp³-hybridized carbons (Fsp3) is 0.667. The number of carbonyl (C=O) groups is 1. The van der Waals surface area contributed by atoms with Crippen LogP contribution >= 0.6 is 11.3 Å². The van der Waals surface area contributed by atoms with Gasteiger partial charge in [0.05, 0.1) is 5.39 Å². The quantitative estimate of drug-likeness (QED) is 0.813. The summed E-state index contributed by atoms with van der Waals surface area (Å²) in [6.07, 6.45) is 6.63. The average molecular weight is 385 g/mol. The third-order valence-corrected chi connectivity index (χ3v) is 7.46. The van der Waals surface area contributed by atoms with E-state index in [1.807, 2.05) is 11.3 Å². The second-order valence-electron chi connectivity index (χ2n) is 8.44. The number of carbonyl (C=O) groups excluding carboxylic acids is 1. The van der Waals surface area contributed by atoms with Crippen LogP contribution in [0.4, 0.5) is 5.82 Å². The van der Waals surface area contributed by atoms with Crippen LogP contribution in [-0.4, -0.2) is 47.0 Å². The van der Waals surface area contributed by atoms with Crippen molar-refractivity contribution in [1.82, 2.24) is 14.9 Å². The van der Waals surface area contributed by atoms with Crippen LogP contribution in [0.2, 0.25) is 0 Å². The first kappa shape index (κ1) is 17.4. The van der Waals surface area contributed by atoms with E-state index in [-0.39, 0.29) is 0 Å². The Morgan fingerprint density at radius 3 is 2.63 bits per heavy atom. The van der Waals surface area contributed by atoms with Crippen LogP contribution in [0.15, 0.2) is 0 Å². The van der Waals surface area contributed by atoms with Gasteiger partial charge in [0.2, 0.25) is 5.91 Å². The molecule has 2 aromatic heterocycles. The minimum absolute atomic E-state index is 0.319. The van der Waals surface area contributed by atoms with Gasteiger partial charge < -0.3 is 9.80 Å². The molecule has 2 aliphatic carbocycles. The number of fused-ring (bicyclic) bond motifs is 3. The number of thiophene rings is 1. The predicted molar refractivity (Wildman–Crippen MR) is 109 cm³/mol. The second kappa shape index (κ2) is 6.73. The van der Waals surface area contributed by atoms with Gasteiger partial charge in [-0.05, 0) is 43.6 Å². The summed E-state index contributed by atoms with van der Waals surface area (Å²) in [6.45, 7) is 7.90. The summed E-state index contributed by atoms with van der Waals surface area (Å²) in [5.74, 6) is 3.53. The number of rotatable bonds is 3. The van der Waals surface area contributed by atoms with Crippen molar-refractivity contribution in [2.24, 2.45) is 11.8 Å². The molecule has 2 fully saturated rings. The standard InChI is InChI=1S/C21H28N4OS/c1-3-17-22-19(24-8-10-25(11-9-24)21(26)14-5-6-14)18-15-7-4-13(2)12-16(15)27-20(18)23-17/h13-14H,3-12H2,1-2H3. The molecule has 0 spiro atoms. The van der Waals surface area contributed by atoms with Gasteiger partial charge in [0.15, 0.2) is 0 Å². The average Bonchev–Trinajstić information content (AvgIpc) is 3.47. The smallest absolute Gasteiger partial charge is 0.225 e. The molecule has 0 radical (unpaired) electrons. The van der Waals surface area contributed by atoms with Crippen molar-refractivity contribution in [3.8, 4) is 0 Å². The van der Waals surface area contributed by atoms with Crippen LogP contribution in [0.5, 0.6) is 0 Å². The van der Waals surface area contributed by atoms with Crippen molar-refractivity contribution in [1.29, 1.82) is 0 Å². The Kier molecular flexibility index (Phi) is 4.34. The molecule has 1 saturated carbocycles. The lowest BCUT2D eigenvalue weighted by Gasteiger charge is -2.36. The molecule has 0 N–H and O–H groups in total. The zero-order valence-electron chi connectivity index (χ0n) is 16.3. The summed E-state index contributed by atoms with van der Waals surface area (Å²) < 4.78 is 0. The lowest BCUT2D eigenvalue weighted by molar-refractivity contribution is -0.132. The molecule has 3 heterocycles. The molecule has 144 valence electrons. The molecule has 1 amide bonds. The van der Waals surface area contributed by atoms with Crippen molar-refractivity contribution in [3.63, 3.8) is 0 Å². The van der Waals surface area contributed by atoms with E-state index >= 15 is 0 Å². The van der Waals surface area contributed by atoms with Gasteiger partial charge in [-0.15, -0.1) is 11.3 Å². The fourth-order valence-electron chi connectivity index (χ4n) is 4.48. The van der Waals surface area contributed by atoms with Gasteiger partial charge in [-0.3, -0.25) is 4.79 Å². The van der Waals surface area contributed by atoms with E-state index in [1.54, 1.807) is 0 Å². The summed E-state index contributed by atoms with van der Waals surface area (Å²) >= 11 is 1.89. The number of amides is 1. The maximum atomic E-state index is 12.4. The van der Waals surface area contributed by atoms with E-state index in [9.17, 15) is 4.79 Å².